The van der Waals surface area contributed by atoms with Gasteiger partial charge in [-0.15, -0.1) is 0 Å². The van der Waals surface area contributed by atoms with Crippen molar-refractivity contribution in [1.82, 2.24) is 15.2 Å². The smallest absolute Gasteiger partial charge is 0.261 e. The average molecular weight is 297 g/mol. The Labute approximate surface area is 129 Å². The van der Waals surface area contributed by atoms with E-state index in [4.69, 9.17) is 4.74 Å². The summed E-state index contributed by atoms with van der Waals surface area (Å²) < 4.78 is 5.58. The van der Waals surface area contributed by atoms with E-state index in [-0.39, 0.29) is 18.6 Å². The number of para-hydroxylation sites is 1. The molecular formula is C17H19N3O2. The molecule has 0 aliphatic carbocycles. The van der Waals surface area contributed by atoms with Gasteiger partial charge in [0.2, 0.25) is 0 Å². The molecule has 5 heteroatoms. The first-order chi connectivity index (χ1) is 10.8. The van der Waals surface area contributed by atoms with Crippen molar-refractivity contribution in [3.05, 3.63) is 60.4 Å². The van der Waals surface area contributed by atoms with E-state index in [1.54, 1.807) is 6.20 Å². The van der Waals surface area contributed by atoms with Crippen LogP contribution in [0.3, 0.4) is 0 Å². The van der Waals surface area contributed by atoms with Gasteiger partial charge in [-0.1, -0.05) is 24.3 Å². The van der Waals surface area contributed by atoms with E-state index in [0.717, 1.165) is 18.7 Å². The highest BCUT2D eigenvalue weighted by Gasteiger charge is 2.28. The molecule has 0 saturated carbocycles. The number of carbonyl (C=O) groups is 1. The molecule has 1 atom stereocenters. The molecule has 1 fully saturated rings. The van der Waals surface area contributed by atoms with E-state index >= 15 is 0 Å². The number of nitrogens with zero attached hydrogens (tertiary/aromatic N) is 2. The molecule has 2 heterocycles. The molecule has 3 rings (SSSR count). The van der Waals surface area contributed by atoms with Crippen LogP contribution in [0.5, 0.6) is 5.75 Å². The summed E-state index contributed by atoms with van der Waals surface area (Å²) in [7, 11) is 0. The molecule has 5 nitrogen and oxygen atoms in total. The summed E-state index contributed by atoms with van der Waals surface area (Å²) in [6, 6.07) is 13.3. The highest BCUT2D eigenvalue weighted by Crippen LogP contribution is 2.21. The van der Waals surface area contributed by atoms with Crippen LogP contribution in [0.25, 0.3) is 0 Å². The van der Waals surface area contributed by atoms with Gasteiger partial charge in [0, 0.05) is 32.0 Å². The Hall–Kier alpha value is -2.40. The average Bonchev–Trinajstić information content (AvgIpc) is 2.61. The molecule has 2 aromatic rings. The third-order valence-corrected chi connectivity index (χ3v) is 3.74. The normalized spacial score (nSPS) is 18.0. The lowest BCUT2D eigenvalue weighted by molar-refractivity contribution is -0.136. The van der Waals surface area contributed by atoms with Crippen LogP contribution in [0.15, 0.2) is 54.9 Å². The lowest BCUT2D eigenvalue weighted by Gasteiger charge is -2.36. The first kappa shape index (κ1) is 14.5. The molecule has 0 radical (unpaired) electrons. The Kier molecular flexibility index (Phi) is 4.65. The van der Waals surface area contributed by atoms with Gasteiger partial charge in [-0.25, -0.2) is 0 Å². The van der Waals surface area contributed by atoms with E-state index in [1.165, 1.54) is 0 Å². The van der Waals surface area contributed by atoms with Crippen molar-refractivity contribution in [3.63, 3.8) is 0 Å². The minimum Gasteiger partial charge on any atom is -0.484 e. The minimum atomic E-state index is -0.000735. The Morgan fingerprint density at radius 1 is 1.27 bits per heavy atom. The van der Waals surface area contributed by atoms with Gasteiger partial charge in [-0.05, 0) is 23.8 Å². The van der Waals surface area contributed by atoms with Crippen LogP contribution in [0.4, 0.5) is 0 Å². The lowest BCUT2D eigenvalue weighted by Crippen LogP contribution is -2.50. The standard InChI is InChI=1S/C17H19N3O2/c21-17(13-22-15-6-2-1-3-7-15)20-10-9-19-12-16(20)14-5-4-8-18-11-14/h1-8,11,16,19H,9-10,12-13H2. The quantitative estimate of drug-likeness (QED) is 0.932. The molecule has 114 valence electrons. The fourth-order valence-corrected chi connectivity index (χ4v) is 2.62. The van der Waals surface area contributed by atoms with E-state index < -0.39 is 0 Å². The van der Waals surface area contributed by atoms with Crippen molar-refractivity contribution in [2.24, 2.45) is 0 Å². The Morgan fingerprint density at radius 3 is 2.91 bits per heavy atom. The number of piperazine rings is 1. The van der Waals surface area contributed by atoms with Gasteiger partial charge in [-0.2, -0.15) is 0 Å². The second kappa shape index (κ2) is 7.04. The van der Waals surface area contributed by atoms with E-state index in [1.807, 2.05) is 53.6 Å². The zero-order valence-corrected chi connectivity index (χ0v) is 12.3. The summed E-state index contributed by atoms with van der Waals surface area (Å²) in [6.07, 6.45) is 3.56. The van der Waals surface area contributed by atoms with Gasteiger partial charge in [0.1, 0.15) is 5.75 Å². The largest absolute Gasteiger partial charge is 0.484 e. The van der Waals surface area contributed by atoms with Crippen LogP contribution in [-0.2, 0) is 4.79 Å². The zero-order valence-electron chi connectivity index (χ0n) is 12.3. The molecular weight excluding hydrogens is 278 g/mol. The number of pyridine rings is 1. The number of rotatable bonds is 4. The van der Waals surface area contributed by atoms with Crippen molar-refractivity contribution < 1.29 is 9.53 Å². The molecule has 0 bridgehead atoms. The predicted molar refractivity (Wildman–Crippen MR) is 83.5 cm³/mol. The number of ether oxygens (including phenoxy) is 1. The SMILES string of the molecule is O=C(COc1ccccc1)N1CCNCC1c1cccnc1. The monoisotopic (exact) mass is 297 g/mol. The highest BCUT2D eigenvalue weighted by molar-refractivity contribution is 5.78. The van der Waals surface area contributed by atoms with E-state index in [2.05, 4.69) is 10.3 Å². The maximum absolute atomic E-state index is 12.5. The van der Waals surface area contributed by atoms with Gasteiger partial charge in [0.25, 0.3) is 5.91 Å². The first-order valence-electron chi connectivity index (χ1n) is 7.42. The van der Waals surface area contributed by atoms with Gasteiger partial charge in [-0.3, -0.25) is 9.78 Å². The summed E-state index contributed by atoms with van der Waals surface area (Å²) in [5.41, 5.74) is 1.04. The number of hydrogen-bond acceptors (Lipinski definition) is 4. The van der Waals surface area contributed by atoms with Crippen LogP contribution in [-0.4, -0.2) is 42.0 Å². The lowest BCUT2D eigenvalue weighted by atomic mass is 10.1. The number of aromatic nitrogens is 1. The van der Waals surface area contributed by atoms with Crippen LogP contribution < -0.4 is 10.1 Å². The summed E-state index contributed by atoms with van der Waals surface area (Å²) in [6.45, 7) is 2.27. The number of amides is 1. The molecule has 1 aliphatic rings. The zero-order chi connectivity index (χ0) is 15.2. The van der Waals surface area contributed by atoms with Crippen molar-refractivity contribution >= 4 is 5.91 Å². The summed E-state index contributed by atoms with van der Waals surface area (Å²) in [5, 5.41) is 3.33. The van der Waals surface area contributed by atoms with Crippen LogP contribution in [0, 0.1) is 0 Å². The van der Waals surface area contributed by atoms with Gasteiger partial charge in [0.15, 0.2) is 6.61 Å². The second-order valence-electron chi connectivity index (χ2n) is 5.20. The third kappa shape index (κ3) is 3.43. The second-order valence-corrected chi connectivity index (χ2v) is 5.20. The molecule has 1 aromatic carbocycles. The molecule has 1 unspecified atom stereocenters. The van der Waals surface area contributed by atoms with Crippen molar-refractivity contribution in [2.75, 3.05) is 26.2 Å². The van der Waals surface area contributed by atoms with E-state index in [0.29, 0.717) is 12.3 Å². The number of hydrogen-bond donors (Lipinski definition) is 1. The summed E-state index contributed by atoms with van der Waals surface area (Å²) >= 11 is 0. The third-order valence-electron chi connectivity index (χ3n) is 3.74. The maximum Gasteiger partial charge on any atom is 0.261 e. The molecule has 1 amide bonds. The van der Waals surface area contributed by atoms with E-state index in [9.17, 15) is 4.79 Å². The summed E-state index contributed by atoms with van der Waals surface area (Å²) in [4.78, 5) is 18.5. The molecule has 1 aliphatic heterocycles. The predicted octanol–water partition coefficient (Wildman–Crippen LogP) is 1.63. The van der Waals surface area contributed by atoms with Crippen molar-refractivity contribution in [2.45, 2.75) is 6.04 Å². The van der Waals surface area contributed by atoms with Crippen LogP contribution in [0.1, 0.15) is 11.6 Å². The van der Waals surface area contributed by atoms with Crippen molar-refractivity contribution in [1.29, 1.82) is 0 Å². The topological polar surface area (TPSA) is 54.5 Å². The fourth-order valence-electron chi connectivity index (χ4n) is 2.62. The Balaban J connectivity index is 1.66. The molecule has 22 heavy (non-hydrogen) atoms. The van der Waals surface area contributed by atoms with Gasteiger partial charge < -0.3 is 15.0 Å². The Morgan fingerprint density at radius 2 is 2.14 bits per heavy atom. The van der Waals surface area contributed by atoms with Gasteiger partial charge in [0.05, 0.1) is 6.04 Å². The number of nitrogens with one attached hydrogen (secondary N) is 1. The minimum absolute atomic E-state index is 0.000735. The maximum atomic E-state index is 12.5. The summed E-state index contributed by atoms with van der Waals surface area (Å²) in [5.74, 6) is 0.711. The van der Waals surface area contributed by atoms with Crippen LogP contribution in [0.2, 0.25) is 0 Å². The molecule has 1 aromatic heterocycles. The van der Waals surface area contributed by atoms with Crippen molar-refractivity contribution in [3.8, 4) is 5.75 Å². The number of benzene rings is 1. The van der Waals surface area contributed by atoms with Gasteiger partial charge >= 0.3 is 0 Å². The fraction of sp³-hybridized carbons (Fsp3) is 0.294. The molecule has 1 N–H and O–H groups in total. The van der Waals surface area contributed by atoms with Crippen LogP contribution >= 0.6 is 0 Å². The molecule has 0 spiro atoms. The Bertz CT molecular complexity index is 604. The molecule has 1 saturated heterocycles. The highest BCUT2D eigenvalue weighted by atomic mass is 16.5. The first-order valence-corrected chi connectivity index (χ1v) is 7.42. The number of carbonyl (C=O) groups excluding carboxylic acids is 1.